The molecule has 0 fully saturated rings. The quantitative estimate of drug-likeness (QED) is 0.545. The van der Waals surface area contributed by atoms with Gasteiger partial charge in [0.1, 0.15) is 5.58 Å². The third-order valence-electron chi connectivity index (χ3n) is 5.66. The number of rotatable bonds is 6. The summed E-state index contributed by atoms with van der Waals surface area (Å²) in [5, 5.41) is 4.10. The smallest absolute Gasteiger partial charge is 0.224 e. The fraction of sp³-hybridized carbons (Fsp3) is 0.250. The van der Waals surface area contributed by atoms with Gasteiger partial charge in [-0.1, -0.05) is 24.3 Å². The summed E-state index contributed by atoms with van der Waals surface area (Å²) in [5.74, 6) is 0.00990. The van der Waals surface area contributed by atoms with Gasteiger partial charge in [0.05, 0.1) is 19.0 Å². The number of nitrogens with one attached hydrogen (secondary N) is 1. The van der Waals surface area contributed by atoms with Crippen molar-refractivity contribution in [3.8, 4) is 0 Å². The van der Waals surface area contributed by atoms with Gasteiger partial charge in [-0.05, 0) is 53.6 Å². The molecule has 5 nitrogen and oxygen atoms in total. The van der Waals surface area contributed by atoms with Crippen LogP contribution in [0.15, 0.2) is 65.8 Å². The molecule has 2 aromatic carbocycles. The first kappa shape index (κ1) is 17.7. The van der Waals surface area contributed by atoms with Crippen molar-refractivity contribution in [1.29, 1.82) is 0 Å². The van der Waals surface area contributed by atoms with Crippen molar-refractivity contribution >= 4 is 16.9 Å². The predicted octanol–water partition coefficient (Wildman–Crippen LogP) is 4.03. The summed E-state index contributed by atoms with van der Waals surface area (Å²) in [4.78, 5) is 16.5. The lowest BCUT2D eigenvalue weighted by Crippen LogP contribution is -2.24. The van der Waals surface area contributed by atoms with E-state index in [1.165, 1.54) is 23.1 Å². The summed E-state index contributed by atoms with van der Waals surface area (Å²) >= 11 is 0. The number of amides is 1. The van der Waals surface area contributed by atoms with E-state index in [9.17, 15) is 4.79 Å². The molecule has 2 aromatic heterocycles. The number of hydrogen-bond donors (Lipinski definition) is 1. The third-order valence-corrected chi connectivity index (χ3v) is 5.66. The molecule has 5 heteroatoms. The molecule has 5 rings (SSSR count). The molecule has 0 bridgehead atoms. The molecule has 1 N–H and O–H groups in total. The number of furan rings is 1. The van der Waals surface area contributed by atoms with Gasteiger partial charge in [-0.25, -0.2) is 4.98 Å². The Balaban J connectivity index is 1.20. The van der Waals surface area contributed by atoms with E-state index >= 15 is 0 Å². The summed E-state index contributed by atoms with van der Waals surface area (Å²) in [7, 11) is 0. The first-order chi connectivity index (χ1) is 14.2. The van der Waals surface area contributed by atoms with E-state index in [0.29, 0.717) is 13.0 Å². The van der Waals surface area contributed by atoms with Gasteiger partial charge in [-0.2, -0.15) is 0 Å². The molecule has 146 valence electrons. The number of fused-ring (bicyclic) bond motifs is 2. The minimum atomic E-state index is 0.00990. The van der Waals surface area contributed by atoms with Crippen LogP contribution < -0.4 is 5.32 Å². The summed E-state index contributed by atoms with van der Waals surface area (Å²) in [6, 6.07) is 12.6. The van der Waals surface area contributed by atoms with E-state index in [4.69, 9.17) is 4.42 Å². The number of hydrogen-bond acceptors (Lipinski definition) is 3. The second kappa shape index (κ2) is 7.59. The van der Waals surface area contributed by atoms with Gasteiger partial charge in [0.25, 0.3) is 0 Å². The summed E-state index contributed by atoms with van der Waals surface area (Å²) in [6.07, 6.45) is 11.1. The van der Waals surface area contributed by atoms with Crippen molar-refractivity contribution in [3.05, 3.63) is 89.2 Å². The van der Waals surface area contributed by atoms with Gasteiger partial charge in [0.2, 0.25) is 5.91 Å². The van der Waals surface area contributed by atoms with E-state index in [2.05, 4.69) is 46.7 Å². The standard InChI is InChI=1S/C24H23N3O2/c28-24(12-21-15-29-23-11-20-3-1-2-19(20)10-22(21)23)26-13-17-4-6-18(7-5-17)14-27-9-8-25-16-27/h4-11,15-16H,1-3,12-14H2,(H,26,28). The maximum Gasteiger partial charge on any atom is 0.224 e. The third kappa shape index (κ3) is 3.81. The maximum atomic E-state index is 12.5. The van der Waals surface area contributed by atoms with Gasteiger partial charge in [0.15, 0.2) is 0 Å². The summed E-state index contributed by atoms with van der Waals surface area (Å²) in [6.45, 7) is 1.32. The van der Waals surface area contributed by atoms with Gasteiger partial charge in [0, 0.05) is 36.4 Å². The Bertz CT molecular complexity index is 1140. The van der Waals surface area contributed by atoms with Crippen molar-refractivity contribution in [2.45, 2.75) is 38.8 Å². The van der Waals surface area contributed by atoms with Crippen LogP contribution in [0.2, 0.25) is 0 Å². The highest BCUT2D eigenvalue weighted by Crippen LogP contribution is 2.30. The molecule has 0 aliphatic heterocycles. The molecule has 1 aliphatic rings. The summed E-state index contributed by atoms with van der Waals surface area (Å²) in [5.41, 5.74) is 6.93. The Labute approximate surface area is 169 Å². The van der Waals surface area contributed by atoms with Crippen LogP contribution in [0.5, 0.6) is 0 Å². The summed E-state index contributed by atoms with van der Waals surface area (Å²) < 4.78 is 7.74. The molecule has 0 saturated carbocycles. The first-order valence-electron chi connectivity index (χ1n) is 10.1. The highest BCUT2D eigenvalue weighted by molar-refractivity contribution is 5.88. The number of benzene rings is 2. The first-order valence-corrected chi connectivity index (χ1v) is 10.1. The van der Waals surface area contributed by atoms with Crippen LogP contribution in [-0.4, -0.2) is 15.5 Å². The number of carbonyl (C=O) groups excluding carboxylic acids is 1. The fourth-order valence-corrected chi connectivity index (χ4v) is 4.07. The maximum absolute atomic E-state index is 12.5. The van der Waals surface area contributed by atoms with Crippen LogP contribution >= 0.6 is 0 Å². The Morgan fingerprint density at radius 3 is 2.69 bits per heavy atom. The van der Waals surface area contributed by atoms with Crippen molar-refractivity contribution < 1.29 is 9.21 Å². The molecule has 2 heterocycles. The molecule has 0 atom stereocenters. The van der Waals surface area contributed by atoms with Gasteiger partial charge >= 0.3 is 0 Å². The van der Waals surface area contributed by atoms with Crippen LogP contribution in [0.3, 0.4) is 0 Å². The lowest BCUT2D eigenvalue weighted by atomic mass is 10.0. The number of carbonyl (C=O) groups is 1. The van der Waals surface area contributed by atoms with Crippen molar-refractivity contribution in [2.75, 3.05) is 0 Å². The van der Waals surface area contributed by atoms with Crippen LogP contribution in [0.4, 0.5) is 0 Å². The van der Waals surface area contributed by atoms with E-state index in [1.54, 1.807) is 12.5 Å². The number of nitrogens with zero attached hydrogens (tertiary/aromatic N) is 2. The Morgan fingerprint density at radius 1 is 1.10 bits per heavy atom. The van der Waals surface area contributed by atoms with Gasteiger partial charge in [-0.15, -0.1) is 0 Å². The number of aryl methyl sites for hydroxylation is 2. The topological polar surface area (TPSA) is 60.1 Å². The second-order valence-corrected chi connectivity index (χ2v) is 7.74. The van der Waals surface area contributed by atoms with Gasteiger partial charge < -0.3 is 14.3 Å². The second-order valence-electron chi connectivity index (χ2n) is 7.74. The van der Waals surface area contributed by atoms with Crippen molar-refractivity contribution in [1.82, 2.24) is 14.9 Å². The predicted molar refractivity (Wildman–Crippen MR) is 112 cm³/mol. The van der Waals surface area contributed by atoms with Crippen LogP contribution in [0, 0.1) is 0 Å². The van der Waals surface area contributed by atoms with Crippen LogP contribution in [0.25, 0.3) is 11.0 Å². The highest BCUT2D eigenvalue weighted by atomic mass is 16.3. The van der Waals surface area contributed by atoms with Crippen LogP contribution in [0.1, 0.15) is 34.2 Å². The normalized spacial score (nSPS) is 13.0. The monoisotopic (exact) mass is 385 g/mol. The minimum absolute atomic E-state index is 0.00990. The molecule has 0 unspecified atom stereocenters. The van der Waals surface area contributed by atoms with E-state index in [1.807, 2.05) is 17.1 Å². The Morgan fingerprint density at radius 2 is 1.90 bits per heavy atom. The lowest BCUT2D eigenvalue weighted by Gasteiger charge is -2.07. The molecule has 1 amide bonds. The molecular weight excluding hydrogens is 362 g/mol. The molecule has 0 saturated heterocycles. The molecule has 0 radical (unpaired) electrons. The molecule has 4 aromatic rings. The zero-order chi connectivity index (χ0) is 19.6. The zero-order valence-electron chi connectivity index (χ0n) is 16.2. The Hall–Kier alpha value is -3.34. The zero-order valence-corrected chi connectivity index (χ0v) is 16.2. The number of imidazole rings is 1. The SMILES string of the molecule is O=C(Cc1coc2cc3c(cc12)CCC3)NCc1ccc(Cn2ccnc2)cc1. The van der Waals surface area contributed by atoms with E-state index < -0.39 is 0 Å². The van der Waals surface area contributed by atoms with Crippen molar-refractivity contribution in [3.63, 3.8) is 0 Å². The molecule has 29 heavy (non-hydrogen) atoms. The largest absolute Gasteiger partial charge is 0.464 e. The van der Waals surface area contributed by atoms with Crippen LogP contribution in [-0.2, 0) is 37.1 Å². The number of aromatic nitrogens is 2. The lowest BCUT2D eigenvalue weighted by molar-refractivity contribution is -0.120. The van der Waals surface area contributed by atoms with E-state index in [-0.39, 0.29) is 5.91 Å². The average Bonchev–Trinajstić information content (AvgIpc) is 3.48. The van der Waals surface area contributed by atoms with E-state index in [0.717, 1.165) is 41.5 Å². The minimum Gasteiger partial charge on any atom is -0.464 e. The Kier molecular flexibility index (Phi) is 4.64. The highest BCUT2D eigenvalue weighted by Gasteiger charge is 2.16. The molecule has 1 aliphatic carbocycles. The molecular formula is C24H23N3O2. The fourth-order valence-electron chi connectivity index (χ4n) is 4.07. The van der Waals surface area contributed by atoms with Crippen molar-refractivity contribution in [2.24, 2.45) is 0 Å². The molecule has 0 spiro atoms. The van der Waals surface area contributed by atoms with Gasteiger partial charge in [-0.3, -0.25) is 4.79 Å². The average molecular weight is 385 g/mol.